The van der Waals surface area contributed by atoms with Gasteiger partial charge in [0.05, 0.1) is 0 Å². The van der Waals surface area contributed by atoms with E-state index in [0.29, 0.717) is 18.1 Å². The Kier molecular flexibility index (Phi) is 6.10. The second kappa shape index (κ2) is 7.84. The van der Waals surface area contributed by atoms with Crippen molar-refractivity contribution in [3.63, 3.8) is 0 Å². The van der Waals surface area contributed by atoms with Crippen LogP contribution in [0.15, 0.2) is 18.2 Å². The van der Waals surface area contributed by atoms with Gasteiger partial charge in [-0.1, -0.05) is 26.8 Å². The molecule has 1 aromatic carbocycles. The molecule has 0 bridgehead atoms. The molecule has 1 aromatic rings. The molecule has 0 spiro atoms. The third kappa shape index (κ3) is 4.74. The van der Waals surface area contributed by atoms with Crippen molar-refractivity contribution in [3.8, 4) is 5.75 Å². The van der Waals surface area contributed by atoms with Crippen molar-refractivity contribution in [3.05, 3.63) is 29.3 Å². The summed E-state index contributed by atoms with van der Waals surface area (Å²) < 4.78 is 6.24. The molecule has 1 saturated carbocycles. The average molecular weight is 289 g/mol. The van der Waals surface area contributed by atoms with Gasteiger partial charge in [-0.2, -0.15) is 0 Å². The molecule has 21 heavy (non-hydrogen) atoms. The Morgan fingerprint density at radius 1 is 1.29 bits per heavy atom. The van der Waals surface area contributed by atoms with Crippen LogP contribution in [0.25, 0.3) is 0 Å². The average Bonchev–Trinajstić information content (AvgIpc) is 2.45. The first-order valence-electron chi connectivity index (χ1n) is 8.60. The Balaban J connectivity index is 1.93. The van der Waals surface area contributed by atoms with Gasteiger partial charge >= 0.3 is 0 Å². The van der Waals surface area contributed by atoms with Crippen molar-refractivity contribution in [2.24, 2.45) is 0 Å². The Bertz CT molecular complexity index is 441. The van der Waals surface area contributed by atoms with Crippen LogP contribution in [-0.4, -0.2) is 18.7 Å². The fourth-order valence-corrected chi connectivity index (χ4v) is 3.35. The molecule has 0 heterocycles. The SMILES string of the molecule is CCCNC1CCCC(Oc2ccc(C(C)C)c(C)c2)C1. The Hall–Kier alpha value is -1.02. The van der Waals surface area contributed by atoms with E-state index in [1.807, 2.05) is 0 Å². The summed E-state index contributed by atoms with van der Waals surface area (Å²) in [6.07, 6.45) is 6.48. The van der Waals surface area contributed by atoms with Gasteiger partial charge in [0, 0.05) is 6.04 Å². The molecule has 2 unspecified atom stereocenters. The predicted octanol–water partition coefficient (Wildman–Crippen LogP) is 4.81. The highest BCUT2D eigenvalue weighted by Gasteiger charge is 2.22. The van der Waals surface area contributed by atoms with Gasteiger partial charge in [0.2, 0.25) is 0 Å². The Morgan fingerprint density at radius 2 is 2.10 bits per heavy atom. The van der Waals surface area contributed by atoms with Crippen molar-refractivity contribution >= 4 is 0 Å². The van der Waals surface area contributed by atoms with E-state index in [9.17, 15) is 0 Å². The minimum atomic E-state index is 0.373. The molecule has 0 saturated heterocycles. The second-order valence-electron chi connectivity index (χ2n) is 6.73. The third-order valence-electron chi connectivity index (χ3n) is 4.48. The maximum absolute atomic E-state index is 6.24. The van der Waals surface area contributed by atoms with Crippen LogP contribution in [0, 0.1) is 6.92 Å². The van der Waals surface area contributed by atoms with Crippen LogP contribution >= 0.6 is 0 Å². The standard InChI is InChI=1S/C19H31NO/c1-5-11-20-16-7-6-8-17(13-16)21-18-9-10-19(14(2)3)15(4)12-18/h9-10,12,14,16-17,20H,5-8,11,13H2,1-4H3. The summed E-state index contributed by atoms with van der Waals surface area (Å²) in [5.74, 6) is 1.62. The summed E-state index contributed by atoms with van der Waals surface area (Å²) in [6.45, 7) is 10.0. The molecule has 2 rings (SSSR count). The number of aryl methyl sites for hydroxylation is 1. The van der Waals surface area contributed by atoms with Crippen LogP contribution in [-0.2, 0) is 0 Å². The lowest BCUT2D eigenvalue weighted by Gasteiger charge is -2.30. The molecule has 2 nitrogen and oxygen atoms in total. The molecule has 0 aromatic heterocycles. The molecular formula is C19H31NO. The van der Waals surface area contributed by atoms with Gasteiger partial charge in [-0.3, -0.25) is 0 Å². The molecule has 2 heteroatoms. The lowest BCUT2D eigenvalue weighted by molar-refractivity contribution is 0.134. The molecule has 1 aliphatic rings. The maximum Gasteiger partial charge on any atom is 0.120 e. The quantitative estimate of drug-likeness (QED) is 0.811. The Morgan fingerprint density at radius 3 is 2.76 bits per heavy atom. The second-order valence-corrected chi connectivity index (χ2v) is 6.73. The fourth-order valence-electron chi connectivity index (χ4n) is 3.35. The monoisotopic (exact) mass is 289 g/mol. The fraction of sp³-hybridized carbons (Fsp3) is 0.684. The van der Waals surface area contributed by atoms with E-state index in [1.54, 1.807) is 0 Å². The zero-order valence-electron chi connectivity index (χ0n) is 14.1. The molecule has 0 radical (unpaired) electrons. The van der Waals surface area contributed by atoms with Gasteiger partial charge in [0.25, 0.3) is 0 Å². The molecule has 0 amide bonds. The maximum atomic E-state index is 6.24. The van der Waals surface area contributed by atoms with Crippen LogP contribution in [0.1, 0.15) is 69.9 Å². The highest BCUT2D eigenvalue weighted by Crippen LogP contribution is 2.27. The number of hydrogen-bond acceptors (Lipinski definition) is 2. The minimum Gasteiger partial charge on any atom is -0.490 e. The summed E-state index contributed by atoms with van der Waals surface area (Å²) in [4.78, 5) is 0. The number of nitrogens with one attached hydrogen (secondary N) is 1. The van der Waals surface area contributed by atoms with Gasteiger partial charge in [-0.05, 0) is 74.8 Å². The highest BCUT2D eigenvalue weighted by molar-refractivity contribution is 5.36. The van der Waals surface area contributed by atoms with Crippen molar-refractivity contribution in [1.29, 1.82) is 0 Å². The van der Waals surface area contributed by atoms with E-state index in [4.69, 9.17) is 4.74 Å². The van der Waals surface area contributed by atoms with E-state index >= 15 is 0 Å². The molecule has 2 atom stereocenters. The van der Waals surface area contributed by atoms with Crippen molar-refractivity contribution in [2.45, 2.75) is 77.9 Å². The van der Waals surface area contributed by atoms with Crippen molar-refractivity contribution in [2.75, 3.05) is 6.54 Å². The molecular weight excluding hydrogens is 258 g/mol. The van der Waals surface area contributed by atoms with Crippen molar-refractivity contribution < 1.29 is 4.74 Å². The van der Waals surface area contributed by atoms with Gasteiger partial charge in [0.1, 0.15) is 11.9 Å². The topological polar surface area (TPSA) is 21.3 Å². The van der Waals surface area contributed by atoms with E-state index in [0.717, 1.165) is 18.7 Å². The lowest BCUT2D eigenvalue weighted by Crippen LogP contribution is -2.38. The minimum absolute atomic E-state index is 0.373. The highest BCUT2D eigenvalue weighted by atomic mass is 16.5. The van der Waals surface area contributed by atoms with E-state index in [-0.39, 0.29) is 0 Å². The lowest BCUT2D eigenvalue weighted by atomic mass is 9.92. The van der Waals surface area contributed by atoms with E-state index < -0.39 is 0 Å². The number of ether oxygens (including phenoxy) is 1. The number of benzene rings is 1. The van der Waals surface area contributed by atoms with Crippen molar-refractivity contribution in [1.82, 2.24) is 5.32 Å². The van der Waals surface area contributed by atoms with Crippen LogP contribution in [0.4, 0.5) is 0 Å². The van der Waals surface area contributed by atoms with Gasteiger partial charge in [0.15, 0.2) is 0 Å². The summed E-state index contributed by atoms with van der Waals surface area (Å²) >= 11 is 0. The summed E-state index contributed by atoms with van der Waals surface area (Å²) in [6, 6.07) is 7.22. The summed E-state index contributed by atoms with van der Waals surface area (Å²) in [7, 11) is 0. The normalized spacial score (nSPS) is 22.5. The summed E-state index contributed by atoms with van der Waals surface area (Å²) in [5.41, 5.74) is 2.77. The van der Waals surface area contributed by atoms with Gasteiger partial charge in [-0.25, -0.2) is 0 Å². The van der Waals surface area contributed by atoms with Crippen LogP contribution in [0.2, 0.25) is 0 Å². The largest absolute Gasteiger partial charge is 0.490 e. The van der Waals surface area contributed by atoms with Crippen LogP contribution in [0.3, 0.4) is 0 Å². The predicted molar refractivity (Wildman–Crippen MR) is 90.2 cm³/mol. The van der Waals surface area contributed by atoms with Crippen LogP contribution in [0.5, 0.6) is 5.75 Å². The first kappa shape index (κ1) is 16.4. The first-order chi connectivity index (χ1) is 10.1. The zero-order chi connectivity index (χ0) is 15.2. The third-order valence-corrected chi connectivity index (χ3v) is 4.48. The number of rotatable bonds is 6. The molecule has 1 aliphatic carbocycles. The van der Waals surface area contributed by atoms with E-state index in [2.05, 4.69) is 51.2 Å². The molecule has 118 valence electrons. The smallest absolute Gasteiger partial charge is 0.120 e. The first-order valence-corrected chi connectivity index (χ1v) is 8.60. The van der Waals surface area contributed by atoms with E-state index in [1.165, 1.54) is 36.8 Å². The Labute approximate surface area is 130 Å². The molecule has 0 aliphatic heterocycles. The molecule has 1 fully saturated rings. The molecule has 1 N–H and O–H groups in total. The zero-order valence-corrected chi connectivity index (χ0v) is 14.1. The van der Waals surface area contributed by atoms with Gasteiger partial charge < -0.3 is 10.1 Å². The van der Waals surface area contributed by atoms with Gasteiger partial charge in [-0.15, -0.1) is 0 Å². The summed E-state index contributed by atoms with van der Waals surface area (Å²) in [5, 5.41) is 3.64. The number of hydrogen-bond donors (Lipinski definition) is 1. The van der Waals surface area contributed by atoms with Crippen LogP contribution < -0.4 is 10.1 Å².